The Hall–Kier alpha value is -1.66. The van der Waals surface area contributed by atoms with Crippen molar-refractivity contribution in [2.75, 3.05) is 6.26 Å². The van der Waals surface area contributed by atoms with Crippen LogP contribution >= 0.6 is 11.3 Å². The van der Waals surface area contributed by atoms with Crippen molar-refractivity contribution in [2.24, 2.45) is 0 Å². The van der Waals surface area contributed by atoms with Gasteiger partial charge in [0.25, 0.3) is 5.91 Å². The largest absolute Gasteiger partial charge is 0.347 e. The molecule has 0 aliphatic carbocycles. The zero-order valence-electron chi connectivity index (χ0n) is 11.2. The fraction of sp³-hybridized carbons (Fsp3) is 0.214. The first-order valence-corrected chi connectivity index (χ1v) is 8.71. The first kappa shape index (κ1) is 14.7. The molecule has 0 saturated heterocycles. The Balaban J connectivity index is 2.02. The van der Waals surface area contributed by atoms with Crippen LogP contribution in [-0.4, -0.2) is 20.6 Å². The number of hydrogen-bond acceptors (Lipinski definition) is 4. The molecule has 0 atom stereocenters. The van der Waals surface area contributed by atoms with Gasteiger partial charge in [0.2, 0.25) is 0 Å². The van der Waals surface area contributed by atoms with E-state index in [1.165, 1.54) is 12.1 Å². The normalized spacial score (nSPS) is 11.3. The summed E-state index contributed by atoms with van der Waals surface area (Å²) in [5, 5.41) is 2.78. The monoisotopic (exact) mass is 309 g/mol. The van der Waals surface area contributed by atoms with E-state index >= 15 is 0 Å². The van der Waals surface area contributed by atoms with Gasteiger partial charge in [-0.1, -0.05) is 29.8 Å². The Kier molecular flexibility index (Phi) is 4.25. The number of nitrogens with one attached hydrogen (secondary N) is 1. The molecule has 106 valence electrons. The number of rotatable bonds is 4. The van der Waals surface area contributed by atoms with Crippen LogP contribution in [0.15, 0.2) is 40.6 Å². The molecule has 0 radical (unpaired) electrons. The fourth-order valence-corrected chi connectivity index (χ4v) is 3.46. The molecule has 2 rings (SSSR count). The summed E-state index contributed by atoms with van der Waals surface area (Å²) in [4.78, 5) is 12.3. The summed E-state index contributed by atoms with van der Waals surface area (Å²) in [5.74, 6) is -0.259. The van der Waals surface area contributed by atoms with Crippen molar-refractivity contribution in [1.82, 2.24) is 5.32 Å². The van der Waals surface area contributed by atoms with Gasteiger partial charge in [-0.15, -0.1) is 11.3 Å². The fourth-order valence-electron chi connectivity index (χ4n) is 1.62. The molecule has 0 spiro atoms. The highest BCUT2D eigenvalue weighted by molar-refractivity contribution is 7.92. The smallest absolute Gasteiger partial charge is 0.261 e. The Morgan fingerprint density at radius 2 is 1.80 bits per heavy atom. The third-order valence-electron chi connectivity index (χ3n) is 2.74. The van der Waals surface area contributed by atoms with Crippen molar-refractivity contribution < 1.29 is 13.2 Å². The van der Waals surface area contributed by atoms with E-state index in [0.29, 0.717) is 11.4 Å². The molecule has 0 unspecified atom stereocenters. The number of amides is 1. The van der Waals surface area contributed by atoms with Crippen LogP contribution in [0.2, 0.25) is 0 Å². The van der Waals surface area contributed by atoms with Crippen LogP contribution in [-0.2, 0) is 16.4 Å². The van der Waals surface area contributed by atoms with Gasteiger partial charge in [-0.25, -0.2) is 8.42 Å². The van der Waals surface area contributed by atoms with Gasteiger partial charge in [0.15, 0.2) is 9.84 Å². The van der Waals surface area contributed by atoms with Crippen LogP contribution in [0.1, 0.15) is 20.8 Å². The molecule has 0 fully saturated rings. The molecule has 1 aromatic carbocycles. The molecule has 1 N–H and O–H groups in total. The molecule has 1 amide bonds. The lowest BCUT2D eigenvalue weighted by Gasteiger charge is -2.04. The molecule has 20 heavy (non-hydrogen) atoms. The van der Waals surface area contributed by atoms with Gasteiger partial charge in [0.05, 0.1) is 4.88 Å². The topological polar surface area (TPSA) is 63.2 Å². The molecule has 0 bridgehead atoms. The van der Waals surface area contributed by atoms with E-state index in [2.05, 4.69) is 5.32 Å². The Labute approximate surface area is 122 Å². The minimum absolute atomic E-state index is 0.206. The first-order chi connectivity index (χ1) is 9.36. The van der Waals surface area contributed by atoms with Crippen molar-refractivity contribution in [2.45, 2.75) is 17.7 Å². The highest BCUT2D eigenvalue weighted by atomic mass is 32.2. The summed E-state index contributed by atoms with van der Waals surface area (Å²) < 4.78 is 22.9. The molecule has 6 heteroatoms. The maximum Gasteiger partial charge on any atom is 0.261 e. The summed E-state index contributed by atoms with van der Waals surface area (Å²) in [5.41, 5.74) is 2.17. The van der Waals surface area contributed by atoms with Crippen LogP contribution < -0.4 is 5.32 Å². The SMILES string of the molecule is Cc1ccc(CNC(=O)c2ccc(S(C)(=O)=O)s2)cc1. The number of carbonyl (C=O) groups is 1. The number of thiophene rings is 1. The molecule has 0 aliphatic heterocycles. The highest BCUT2D eigenvalue weighted by Gasteiger charge is 2.14. The van der Waals surface area contributed by atoms with Crippen molar-refractivity contribution in [3.05, 3.63) is 52.4 Å². The third-order valence-corrected chi connectivity index (χ3v) is 5.65. The van der Waals surface area contributed by atoms with Crippen LogP contribution in [0, 0.1) is 6.92 Å². The van der Waals surface area contributed by atoms with E-state index in [4.69, 9.17) is 0 Å². The second-order valence-electron chi connectivity index (χ2n) is 4.56. The predicted molar refractivity (Wildman–Crippen MR) is 79.8 cm³/mol. The van der Waals surface area contributed by atoms with E-state index in [0.717, 1.165) is 28.7 Å². The zero-order chi connectivity index (χ0) is 14.8. The van der Waals surface area contributed by atoms with Gasteiger partial charge < -0.3 is 5.32 Å². The minimum atomic E-state index is -3.25. The van der Waals surface area contributed by atoms with Crippen molar-refractivity contribution in [3.63, 3.8) is 0 Å². The van der Waals surface area contributed by atoms with E-state index in [-0.39, 0.29) is 10.1 Å². The van der Waals surface area contributed by atoms with Gasteiger partial charge >= 0.3 is 0 Å². The van der Waals surface area contributed by atoms with Crippen LogP contribution in [0.25, 0.3) is 0 Å². The second-order valence-corrected chi connectivity index (χ2v) is 7.89. The van der Waals surface area contributed by atoms with E-state index in [1.807, 2.05) is 31.2 Å². The molecule has 0 aliphatic rings. The van der Waals surface area contributed by atoms with Gasteiger partial charge in [0.1, 0.15) is 4.21 Å². The Morgan fingerprint density at radius 1 is 1.15 bits per heavy atom. The van der Waals surface area contributed by atoms with Crippen LogP contribution in [0.5, 0.6) is 0 Å². The quantitative estimate of drug-likeness (QED) is 0.943. The summed E-state index contributed by atoms with van der Waals surface area (Å²) in [6, 6.07) is 10.9. The molecular weight excluding hydrogens is 294 g/mol. The average molecular weight is 309 g/mol. The maximum absolute atomic E-state index is 11.9. The molecule has 4 nitrogen and oxygen atoms in total. The maximum atomic E-state index is 11.9. The summed E-state index contributed by atoms with van der Waals surface area (Å²) in [6.45, 7) is 2.42. The number of benzene rings is 1. The van der Waals surface area contributed by atoms with Gasteiger partial charge in [0, 0.05) is 12.8 Å². The number of sulfone groups is 1. The van der Waals surface area contributed by atoms with Crippen molar-refractivity contribution in [1.29, 1.82) is 0 Å². The number of hydrogen-bond donors (Lipinski definition) is 1. The molecule has 2 aromatic rings. The lowest BCUT2D eigenvalue weighted by molar-refractivity contribution is 0.0955. The van der Waals surface area contributed by atoms with Crippen LogP contribution in [0.4, 0.5) is 0 Å². The van der Waals surface area contributed by atoms with Gasteiger partial charge in [-0.2, -0.15) is 0 Å². The van der Waals surface area contributed by atoms with Gasteiger partial charge in [-0.3, -0.25) is 4.79 Å². The minimum Gasteiger partial charge on any atom is -0.347 e. The lowest BCUT2D eigenvalue weighted by atomic mass is 10.1. The molecule has 0 saturated carbocycles. The average Bonchev–Trinajstić information content (AvgIpc) is 2.87. The molecule has 1 heterocycles. The van der Waals surface area contributed by atoms with E-state index in [9.17, 15) is 13.2 Å². The van der Waals surface area contributed by atoms with Gasteiger partial charge in [-0.05, 0) is 24.6 Å². The standard InChI is InChI=1S/C14H15NO3S2/c1-10-3-5-11(6-4-10)9-15-14(16)12-7-8-13(19-12)20(2,17)18/h3-8H,9H2,1-2H3,(H,15,16). The highest BCUT2D eigenvalue weighted by Crippen LogP contribution is 2.21. The summed E-state index contributed by atoms with van der Waals surface area (Å²) in [6.07, 6.45) is 1.13. The predicted octanol–water partition coefficient (Wildman–Crippen LogP) is 2.39. The zero-order valence-corrected chi connectivity index (χ0v) is 12.8. The first-order valence-electron chi connectivity index (χ1n) is 6.00. The van der Waals surface area contributed by atoms with Crippen molar-refractivity contribution in [3.8, 4) is 0 Å². The summed E-state index contributed by atoms with van der Waals surface area (Å²) >= 11 is 0.986. The third kappa shape index (κ3) is 3.68. The Morgan fingerprint density at radius 3 is 2.35 bits per heavy atom. The van der Waals surface area contributed by atoms with E-state index in [1.54, 1.807) is 0 Å². The van der Waals surface area contributed by atoms with Crippen LogP contribution in [0.3, 0.4) is 0 Å². The molecule has 1 aromatic heterocycles. The summed E-state index contributed by atoms with van der Waals surface area (Å²) in [7, 11) is -3.25. The van der Waals surface area contributed by atoms with E-state index < -0.39 is 9.84 Å². The number of aryl methyl sites for hydroxylation is 1. The van der Waals surface area contributed by atoms with Crippen molar-refractivity contribution >= 4 is 27.1 Å². The Bertz CT molecular complexity index is 715. The number of carbonyl (C=O) groups excluding carboxylic acids is 1. The molecular formula is C14H15NO3S2. The second kappa shape index (κ2) is 5.76. The lowest BCUT2D eigenvalue weighted by Crippen LogP contribution is -2.21.